The first kappa shape index (κ1) is 32.4. The number of benzene rings is 2. The van der Waals surface area contributed by atoms with E-state index in [0.29, 0.717) is 78.2 Å². The molecule has 2 aromatic carbocycles. The van der Waals surface area contributed by atoms with Crippen LogP contribution in [0.25, 0.3) is 0 Å². The maximum absolute atomic E-state index is 13.6. The summed E-state index contributed by atoms with van der Waals surface area (Å²) in [4.78, 5) is 36.8. The van der Waals surface area contributed by atoms with Gasteiger partial charge in [-0.15, -0.1) is 0 Å². The first-order valence-corrected chi connectivity index (χ1v) is 16.3. The van der Waals surface area contributed by atoms with Gasteiger partial charge in [-0.3, -0.25) is 14.6 Å². The molecule has 47 heavy (non-hydrogen) atoms. The lowest BCUT2D eigenvalue weighted by Crippen LogP contribution is -2.50. The largest absolute Gasteiger partial charge is 0.493 e. The number of carbonyl (C=O) groups excluding carboxylic acids is 2. The number of hydrogen-bond donors (Lipinski definition) is 1. The fraction of sp³-hybridized carbons (Fsp3) is 0.472. The zero-order valence-corrected chi connectivity index (χ0v) is 27.7. The van der Waals surface area contributed by atoms with Crippen LogP contribution in [-0.4, -0.2) is 97.8 Å². The summed E-state index contributed by atoms with van der Waals surface area (Å²) < 4.78 is 23.5. The highest BCUT2D eigenvalue weighted by Gasteiger charge is 2.44. The molecule has 0 aromatic heterocycles. The molecule has 2 amide bonds. The number of unbranched alkanes of at least 4 members (excludes halogenated alkanes) is 2. The van der Waals surface area contributed by atoms with E-state index < -0.39 is 6.23 Å². The van der Waals surface area contributed by atoms with E-state index in [1.807, 2.05) is 31.0 Å². The molecule has 4 aliphatic rings. The van der Waals surface area contributed by atoms with E-state index in [4.69, 9.17) is 18.9 Å². The summed E-state index contributed by atoms with van der Waals surface area (Å²) in [5.74, 6) is 1.80. The molecular formula is C36H44N4O7. The van der Waals surface area contributed by atoms with Crippen LogP contribution in [0.2, 0.25) is 0 Å². The Labute approximate surface area is 276 Å². The van der Waals surface area contributed by atoms with Crippen molar-refractivity contribution in [1.82, 2.24) is 9.80 Å². The lowest BCUT2D eigenvalue weighted by Gasteiger charge is -2.36. The molecule has 2 saturated heterocycles. The molecule has 2 fully saturated rings. The maximum atomic E-state index is 13.6. The fourth-order valence-corrected chi connectivity index (χ4v) is 6.94. The first-order valence-electron chi connectivity index (χ1n) is 16.3. The molecule has 0 spiro atoms. The number of anilines is 1. The summed E-state index contributed by atoms with van der Waals surface area (Å²) >= 11 is 0. The third-order valence-electron chi connectivity index (χ3n) is 9.28. The number of methoxy groups -OCH3 is 2. The first-order chi connectivity index (χ1) is 22.6. The molecule has 2 aromatic rings. The van der Waals surface area contributed by atoms with Crippen molar-refractivity contribution in [3.05, 3.63) is 59.7 Å². The summed E-state index contributed by atoms with van der Waals surface area (Å²) in [5.41, 5.74) is 4.13. The fourth-order valence-electron chi connectivity index (χ4n) is 6.94. The van der Waals surface area contributed by atoms with Gasteiger partial charge in [-0.25, -0.2) is 0 Å². The normalized spacial score (nSPS) is 21.7. The van der Waals surface area contributed by atoms with Gasteiger partial charge in [0.1, 0.15) is 6.23 Å². The van der Waals surface area contributed by atoms with Gasteiger partial charge in [0.05, 0.1) is 62.0 Å². The number of aliphatic hydroxyl groups is 1. The molecule has 6 rings (SSSR count). The van der Waals surface area contributed by atoms with E-state index in [9.17, 15) is 14.7 Å². The number of aliphatic hydroxyl groups excluding tert-OH is 1. The second-order valence-corrected chi connectivity index (χ2v) is 12.9. The molecule has 11 nitrogen and oxygen atoms in total. The summed E-state index contributed by atoms with van der Waals surface area (Å²) in [7, 11) is 3.12. The van der Waals surface area contributed by atoms with Crippen LogP contribution < -0.4 is 23.8 Å². The maximum Gasteiger partial charge on any atom is 0.257 e. The molecule has 0 saturated carbocycles. The van der Waals surface area contributed by atoms with Gasteiger partial charge in [-0.2, -0.15) is 0 Å². The van der Waals surface area contributed by atoms with Crippen LogP contribution in [0.3, 0.4) is 0 Å². The average molecular weight is 645 g/mol. The topological polar surface area (TPSA) is 113 Å². The SMILES string of the molecule is C=C1C[C@H]2C=Nc3cc(OCCCCCOc4cc5c(cc4OC)C(=O)N4CC(=C)C[C@H]4[C@H](O)N5C(C)C)c(OC)cc3C(=O)N2C1. The Morgan fingerprint density at radius 3 is 2.09 bits per heavy atom. The number of hydrogen-bond acceptors (Lipinski definition) is 9. The number of amides is 2. The summed E-state index contributed by atoms with van der Waals surface area (Å²) in [6.45, 7) is 14.0. The number of rotatable bonds is 11. The second-order valence-electron chi connectivity index (χ2n) is 12.9. The monoisotopic (exact) mass is 644 g/mol. The molecular weight excluding hydrogens is 600 g/mol. The smallest absolute Gasteiger partial charge is 0.257 e. The van der Waals surface area contributed by atoms with Crippen molar-refractivity contribution in [3.63, 3.8) is 0 Å². The molecule has 4 aliphatic heterocycles. The Bertz CT molecular complexity index is 1620. The van der Waals surface area contributed by atoms with Crippen LogP contribution in [0.1, 0.15) is 66.7 Å². The molecule has 3 atom stereocenters. The van der Waals surface area contributed by atoms with Gasteiger partial charge < -0.3 is 38.8 Å². The minimum atomic E-state index is -0.871. The second kappa shape index (κ2) is 13.3. The Morgan fingerprint density at radius 2 is 1.43 bits per heavy atom. The van der Waals surface area contributed by atoms with Gasteiger partial charge in [0.2, 0.25) is 0 Å². The van der Waals surface area contributed by atoms with E-state index in [1.165, 1.54) is 0 Å². The number of aliphatic imine (C=N–C) groups is 1. The summed E-state index contributed by atoms with van der Waals surface area (Å²) in [6, 6.07) is 6.52. The molecule has 0 radical (unpaired) electrons. The third kappa shape index (κ3) is 6.16. The molecule has 0 bridgehead atoms. The van der Waals surface area contributed by atoms with E-state index in [2.05, 4.69) is 18.2 Å². The third-order valence-corrected chi connectivity index (χ3v) is 9.28. The Kier molecular flexibility index (Phi) is 9.18. The van der Waals surface area contributed by atoms with Gasteiger partial charge in [-0.05, 0) is 58.1 Å². The van der Waals surface area contributed by atoms with Crippen molar-refractivity contribution in [2.45, 2.75) is 70.3 Å². The number of carbonyl (C=O) groups is 2. The Morgan fingerprint density at radius 1 is 0.830 bits per heavy atom. The molecule has 11 heteroatoms. The van der Waals surface area contributed by atoms with Gasteiger partial charge >= 0.3 is 0 Å². The molecule has 0 unspecified atom stereocenters. The summed E-state index contributed by atoms with van der Waals surface area (Å²) in [5, 5.41) is 11.4. The molecule has 1 N–H and O–H groups in total. The predicted octanol–water partition coefficient (Wildman–Crippen LogP) is 5.14. The lowest BCUT2D eigenvalue weighted by atomic mass is 10.1. The van der Waals surface area contributed by atoms with Crippen LogP contribution in [0, 0.1) is 0 Å². The Balaban J connectivity index is 1.07. The van der Waals surface area contributed by atoms with Crippen molar-refractivity contribution < 1.29 is 33.6 Å². The highest BCUT2D eigenvalue weighted by Crippen LogP contribution is 2.43. The van der Waals surface area contributed by atoms with Crippen LogP contribution >= 0.6 is 0 Å². The standard InChI is InChI=1S/C36H44N4O7/c1-21(2)40-28-17-33(31(45-6)15-26(28)35(42)39-20-23(4)13-29(39)36(40)43)47-11-9-7-8-10-46-32-16-27-25(14-30(32)44-5)34(41)38-19-22(3)12-24(38)18-37-27/h14-18,21,24,29,36,43H,3-4,7-13,19-20H2,1-2,5-6H3/t24-,29-,36-/m0/s1. The zero-order chi connectivity index (χ0) is 33.4. The van der Waals surface area contributed by atoms with E-state index >= 15 is 0 Å². The van der Waals surface area contributed by atoms with Crippen molar-refractivity contribution >= 4 is 29.4 Å². The van der Waals surface area contributed by atoms with Gasteiger partial charge in [0.15, 0.2) is 23.0 Å². The van der Waals surface area contributed by atoms with Crippen molar-refractivity contribution in [2.24, 2.45) is 4.99 Å². The van der Waals surface area contributed by atoms with Gasteiger partial charge in [0.25, 0.3) is 11.8 Å². The predicted molar refractivity (Wildman–Crippen MR) is 180 cm³/mol. The number of nitrogens with zero attached hydrogens (tertiary/aromatic N) is 4. The number of ether oxygens (including phenoxy) is 4. The Hall–Kier alpha value is -4.51. The quantitative estimate of drug-likeness (QED) is 0.265. The van der Waals surface area contributed by atoms with Crippen molar-refractivity contribution in [3.8, 4) is 23.0 Å². The van der Waals surface area contributed by atoms with Gasteiger partial charge in [-0.1, -0.05) is 24.3 Å². The van der Waals surface area contributed by atoms with Crippen LogP contribution in [0.15, 0.2) is 53.6 Å². The highest BCUT2D eigenvalue weighted by atomic mass is 16.5. The van der Waals surface area contributed by atoms with E-state index in [1.54, 1.807) is 42.2 Å². The van der Waals surface area contributed by atoms with Crippen LogP contribution in [-0.2, 0) is 0 Å². The van der Waals surface area contributed by atoms with Crippen LogP contribution in [0.4, 0.5) is 11.4 Å². The van der Waals surface area contributed by atoms with E-state index in [0.717, 1.165) is 36.8 Å². The highest BCUT2D eigenvalue weighted by molar-refractivity contribution is 6.04. The average Bonchev–Trinajstić information content (AvgIpc) is 3.58. The lowest BCUT2D eigenvalue weighted by molar-refractivity contribution is 0.0497. The molecule has 4 heterocycles. The molecule has 0 aliphatic carbocycles. The van der Waals surface area contributed by atoms with Crippen molar-refractivity contribution in [2.75, 3.05) is 45.4 Å². The van der Waals surface area contributed by atoms with Crippen molar-refractivity contribution in [1.29, 1.82) is 0 Å². The number of fused-ring (bicyclic) bond motifs is 4. The molecule has 250 valence electrons. The van der Waals surface area contributed by atoms with Gasteiger partial charge in [0, 0.05) is 37.5 Å². The minimum Gasteiger partial charge on any atom is -0.493 e. The minimum absolute atomic E-state index is 0.0602. The van der Waals surface area contributed by atoms with Crippen LogP contribution in [0.5, 0.6) is 23.0 Å². The summed E-state index contributed by atoms with van der Waals surface area (Å²) in [6.07, 6.45) is 4.61. The van der Waals surface area contributed by atoms with E-state index in [-0.39, 0.29) is 29.9 Å². The zero-order valence-electron chi connectivity index (χ0n) is 27.7.